The van der Waals surface area contributed by atoms with Gasteiger partial charge in [-0.15, -0.1) is 11.8 Å². The van der Waals surface area contributed by atoms with Gasteiger partial charge in [-0.2, -0.15) is 0 Å². The molecule has 32 heavy (non-hydrogen) atoms. The summed E-state index contributed by atoms with van der Waals surface area (Å²) in [6.07, 6.45) is 6.29. The van der Waals surface area contributed by atoms with Crippen molar-refractivity contribution in [3.05, 3.63) is 71.3 Å². The minimum Gasteiger partial charge on any atom is -0.352 e. The molecule has 1 fully saturated rings. The summed E-state index contributed by atoms with van der Waals surface area (Å²) in [6, 6.07) is 18.2. The number of benzene rings is 2. The summed E-state index contributed by atoms with van der Waals surface area (Å²) < 4.78 is 0. The second-order valence-corrected chi connectivity index (χ2v) is 9.74. The quantitative estimate of drug-likeness (QED) is 0.519. The maximum absolute atomic E-state index is 13.3. The monoisotopic (exact) mass is 452 g/mol. The van der Waals surface area contributed by atoms with Gasteiger partial charge in [-0.1, -0.05) is 86.3 Å². The Morgan fingerprint density at radius 1 is 1.00 bits per heavy atom. The van der Waals surface area contributed by atoms with E-state index in [1.807, 2.05) is 37.3 Å². The molecule has 0 radical (unpaired) electrons. The van der Waals surface area contributed by atoms with E-state index in [1.165, 1.54) is 30.4 Å². The lowest BCUT2D eigenvalue weighted by Gasteiger charge is -2.32. The average molecular weight is 453 g/mol. The van der Waals surface area contributed by atoms with Gasteiger partial charge in [0.25, 0.3) is 0 Å². The molecule has 1 N–H and O–H groups in total. The van der Waals surface area contributed by atoms with Crippen molar-refractivity contribution >= 4 is 23.6 Å². The van der Waals surface area contributed by atoms with Gasteiger partial charge in [0.1, 0.15) is 6.04 Å². The average Bonchev–Trinajstić information content (AvgIpc) is 2.81. The summed E-state index contributed by atoms with van der Waals surface area (Å²) in [7, 11) is 0. The Bertz CT molecular complexity index is 848. The van der Waals surface area contributed by atoms with E-state index in [2.05, 4.69) is 36.5 Å². The molecule has 1 atom stereocenters. The lowest BCUT2D eigenvalue weighted by molar-refractivity contribution is -0.139. The van der Waals surface area contributed by atoms with E-state index < -0.39 is 6.04 Å². The fourth-order valence-electron chi connectivity index (χ4n) is 4.27. The fourth-order valence-corrected chi connectivity index (χ4v) is 5.14. The molecule has 2 aromatic rings. The van der Waals surface area contributed by atoms with Gasteiger partial charge in [-0.25, -0.2) is 0 Å². The van der Waals surface area contributed by atoms with E-state index >= 15 is 0 Å². The van der Waals surface area contributed by atoms with Crippen LogP contribution in [0.4, 0.5) is 0 Å². The van der Waals surface area contributed by atoms with Crippen LogP contribution in [0.2, 0.25) is 0 Å². The van der Waals surface area contributed by atoms with E-state index in [0.717, 1.165) is 24.2 Å². The molecule has 5 heteroatoms. The first-order chi connectivity index (χ1) is 15.6. The zero-order chi connectivity index (χ0) is 22.8. The standard InChI is InChI=1S/C27H36N2O2S/c1-3-25(27(31)28-24-12-8-5-9-13-24)29(18-22-10-6-4-7-11-22)26(30)20-32-19-23-16-14-21(2)15-17-23/h4,6-7,10-11,14-17,24-25H,3,5,8-9,12-13,18-20H2,1-2H3,(H,28,31)/t25-/m1/s1. The number of hydrogen-bond acceptors (Lipinski definition) is 3. The van der Waals surface area contributed by atoms with Crippen molar-refractivity contribution in [2.24, 2.45) is 0 Å². The number of aryl methyl sites for hydroxylation is 1. The highest BCUT2D eigenvalue weighted by Crippen LogP contribution is 2.20. The summed E-state index contributed by atoms with van der Waals surface area (Å²) in [5, 5.41) is 3.24. The van der Waals surface area contributed by atoms with Crippen molar-refractivity contribution < 1.29 is 9.59 Å². The van der Waals surface area contributed by atoms with Crippen molar-refractivity contribution in [2.75, 3.05) is 5.75 Å². The minimum absolute atomic E-state index is 0.00721. The lowest BCUT2D eigenvalue weighted by Crippen LogP contribution is -2.52. The molecule has 4 nitrogen and oxygen atoms in total. The molecular weight excluding hydrogens is 416 g/mol. The van der Waals surface area contributed by atoms with Gasteiger partial charge in [0.15, 0.2) is 0 Å². The Hall–Kier alpha value is -2.27. The van der Waals surface area contributed by atoms with Crippen molar-refractivity contribution in [2.45, 2.75) is 76.8 Å². The molecule has 0 unspecified atom stereocenters. The third-order valence-corrected chi connectivity index (χ3v) is 7.14. The van der Waals surface area contributed by atoms with Crippen LogP contribution in [0.1, 0.15) is 62.1 Å². The van der Waals surface area contributed by atoms with Crippen molar-refractivity contribution in [1.82, 2.24) is 10.2 Å². The predicted octanol–water partition coefficient (Wildman–Crippen LogP) is 5.48. The molecule has 172 valence electrons. The van der Waals surface area contributed by atoms with E-state index in [-0.39, 0.29) is 17.9 Å². The molecule has 0 aliphatic heterocycles. The van der Waals surface area contributed by atoms with Crippen LogP contribution in [-0.2, 0) is 21.9 Å². The van der Waals surface area contributed by atoms with Crippen LogP contribution in [0.25, 0.3) is 0 Å². The molecule has 1 saturated carbocycles. The number of hydrogen-bond donors (Lipinski definition) is 1. The Balaban J connectivity index is 1.66. The SMILES string of the molecule is CC[C@H](C(=O)NC1CCCCC1)N(Cc1ccccc1)C(=O)CSCc1ccc(C)cc1. The Kier molecular flexibility index (Phi) is 9.66. The Morgan fingerprint density at radius 2 is 1.69 bits per heavy atom. The van der Waals surface area contributed by atoms with Crippen LogP contribution in [0.3, 0.4) is 0 Å². The second-order valence-electron chi connectivity index (χ2n) is 8.75. The van der Waals surface area contributed by atoms with Crippen LogP contribution in [0.5, 0.6) is 0 Å². The Labute approximate surface area is 197 Å². The Morgan fingerprint density at radius 3 is 2.34 bits per heavy atom. The van der Waals surface area contributed by atoms with Gasteiger partial charge in [-0.3, -0.25) is 9.59 Å². The molecule has 2 aromatic carbocycles. The topological polar surface area (TPSA) is 49.4 Å². The number of carbonyl (C=O) groups excluding carboxylic acids is 2. The first kappa shape index (κ1) is 24.4. The van der Waals surface area contributed by atoms with Gasteiger partial charge in [0, 0.05) is 18.3 Å². The molecular formula is C27H36N2O2S. The molecule has 0 saturated heterocycles. The van der Waals surface area contributed by atoms with Crippen LogP contribution < -0.4 is 5.32 Å². The highest BCUT2D eigenvalue weighted by atomic mass is 32.2. The number of amides is 2. The number of nitrogens with one attached hydrogen (secondary N) is 1. The number of rotatable bonds is 10. The van der Waals surface area contributed by atoms with E-state index in [9.17, 15) is 9.59 Å². The molecule has 1 aliphatic carbocycles. The van der Waals surface area contributed by atoms with Crippen LogP contribution in [0.15, 0.2) is 54.6 Å². The van der Waals surface area contributed by atoms with E-state index in [0.29, 0.717) is 18.7 Å². The third kappa shape index (κ3) is 7.40. The minimum atomic E-state index is -0.440. The summed E-state index contributed by atoms with van der Waals surface area (Å²) in [6.45, 7) is 4.53. The van der Waals surface area contributed by atoms with Crippen molar-refractivity contribution in [3.63, 3.8) is 0 Å². The number of carbonyl (C=O) groups is 2. The van der Waals surface area contributed by atoms with Crippen LogP contribution in [-0.4, -0.2) is 34.6 Å². The normalized spacial score (nSPS) is 15.2. The zero-order valence-electron chi connectivity index (χ0n) is 19.4. The number of nitrogens with zero attached hydrogens (tertiary/aromatic N) is 1. The summed E-state index contributed by atoms with van der Waals surface area (Å²) in [5.74, 6) is 1.17. The van der Waals surface area contributed by atoms with E-state index in [1.54, 1.807) is 16.7 Å². The number of thioether (sulfide) groups is 1. The molecule has 1 aliphatic rings. The maximum Gasteiger partial charge on any atom is 0.243 e. The zero-order valence-corrected chi connectivity index (χ0v) is 20.2. The predicted molar refractivity (Wildman–Crippen MR) is 133 cm³/mol. The molecule has 0 spiro atoms. The third-order valence-electron chi connectivity index (χ3n) is 6.15. The maximum atomic E-state index is 13.3. The summed E-state index contributed by atoms with van der Waals surface area (Å²) in [4.78, 5) is 28.3. The molecule has 3 rings (SSSR count). The van der Waals surface area contributed by atoms with Gasteiger partial charge in [-0.05, 0) is 37.3 Å². The molecule has 0 heterocycles. The van der Waals surface area contributed by atoms with Gasteiger partial charge in [0.05, 0.1) is 5.75 Å². The highest BCUT2D eigenvalue weighted by molar-refractivity contribution is 7.99. The van der Waals surface area contributed by atoms with Gasteiger partial charge < -0.3 is 10.2 Å². The molecule has 2 amide bonds. The smallest absolute Gasteiger partial charge is 0.243 e. The first-order valence-corrected chi connectivity index (χ1v) is 13.0. The van der Waals surface area contributed by atoms with Crippen molar-refractivity contribution in [1.29, 1.82) is 0 Å². The first-order valence-electron chi connectivity index (χ1n) is 11.8. The molecule has 0 aromatic heterocycles. The largest absolute Gasteiger partial charge is 0.352 e. The van der Waals surface area contributed by atoms with Crippen LogP contribution in [0, 0.1) is 6.92 Å². The van der Waals surface area contributed by atoms with Crippen LogP contribution >= 0.6 is 11.8 Å². The fraction of sp³-hybridized carbons (Fsp3) is 0.481. The second kappa shape index (κ2) is 12.7. The van der Waals surface area contributed by atoms with Gasteiger partial charge >= 0.3 is 0 Å². The van der Waals surface area contributed by atoms with Gasteiger partial charge in [0.2, 0.25) is 11.8 Å². The molecule has 0 bridgehead atoms. The van der Waals surface area contributed by atoms with Crippen molar-refractivity contribution in [3.8, 4) is 0 Å². The lowest BCUT2D eigenvalue weighted by atomic mass is 9.95. The summed E-state index contributed by atoms with van der Waals surface area (Å²) in [5.41, 5.74) is 3.50. The highest BCUT2D eigenvalue weighted by Gasteiger charge is 2.30. The van der Waals surface area contributed by atoms with E-state index in [4.69, 9.17) is 0 Å². The summed E-state index contributed by atoms with van der Waals surface area (Å²) >= 11 is 1.61.